The van der Waals surface area contributed by atoms with Crippen LogP contribution >= 0.6 is 0 Å². The number of amides is 1. The SMILES string of the molecule is CCc1ccc(CN2CC(c3ccccc3)OC2=O)cc1. The fraction of sp³-hybridized carbons (Fsp3) is 0.278. The number of hydrogen-bond acceptors (Lipinski definition) is 2. The third-order valence-electron chi connectivity index (χ3n) is 3.86. The Kier molecular flexibility index (Phi) is 3.91. The molecular formula is C18H19NO2. The van der Waals surface area contributed by atoms with Crippen LogP contribution in [-0.2, 0) is 17.7 Å². The van der Waals surface area contributed by atoms with Crippen LogP contribution in [-0.4, -0.2) is 17.5 Å². The van der Waals surface area contributed by atoms with Crippen molar-refractivity contribution in [1.29, 1.82) is 0 Å². The van der Waals surface area contributed by atoms with Crippen molar-refractivity contribution in [3.63, 3.8) is 0 Å². The lowest BCUT2D eigenvalue weighted by molar-refractivity contribution is 0.132. The normalized spacial score (nSPS) is 17.9. The first-order chi connectivity index (χ1) is 10.3. The Balaban J connectivity index is 1.67. The van der Waals surface area contributed by atoms with Gasteiger partial charge in [-0.3, -0.25) is 4.90 Å². The molecule has 0 aliphatic carbocycles. The second-order valence-electron chi connectivity index (χ2n) is 5.33. The van der Waals surface area contributed by atoms with Gasteiger partial charge in [0, 0.05) is 6.54 Å². The molecule has 108 valence electrons. The standard InChI is InChI=1S/C18H19NO2/c1-2-14-8-10-15(11-9-14)12-19-13-17(21-18(19)20)16-6-4-3-5-7-16/h3-11,17H,2,12-13H2,1H3. The van der Waals surface area contributed by atoms with Gasteiger partial charge in [-0.05, 0) is 23.1 Å². The summed E-state index contributed by atoms with van der Waals surface area (Å²) in [5, 5.41) is 0. The number of cyclic esters (lactones) is 1. The fourth-order valence-corrected chi connectivity index (χ4v) is 2.58. The quantitative estimate of drug-likeness (QED) is 0.849. The first-order valence-electron chi connectivity index (χ1n) is 7.34. The van der Waals surface area contributed by atoms with Crippen LogP contribution in [0, 0.1) is 0 Å². The number of nitrogens with zero attached hydrogens (tertiary/aromatic N) is 1. The number of carbonyl (C=O) groups excluding carboxylic acids is 1. The molecule has 1 aliphatic heterocycles. The van der Waals surface area contributed by atoms with Crippen LogP contribution in [0.1, 0.15) is 29.7 Å². The first-order valence-corrected chi connectivity index (χ1v) is 7.34. The van der Waals surface area contributed by atoms with Crippen molar-refractivity contribution in [2.24, 2.45) is 0 Å². The Morgan fingerprint density at radius 2 is 1.71 bits per heavy atom. The lowest BCUT2D eigenvalue weighted by Crippen LogP contribution is -2.23. The molecule has 3 heteroatoms. The fourth-order valence-electron chi connectivity index (χ4n) is 2.58. The highest BCUT2D eigenvalue weighted by atomic mass is 16.6. The van der Waals surface area contributed by atoms with Gasteiger partial charge in [0.1, 0.15) is 6.10 Å². The number of benzene rings is 2. The summed E-state index contributed by atoms with van der Waals surface area (Å²) in [4.78, 5) is 13.8. The molecule has 3 rings (SSSR count). The summed E-state index contributed by atoms with van der Waals surface area (Å²) in [5.74, 6) is 0. The summed E-state index contributed by atoms with van der Waals surface area (Å²) in [6.07, 6.45) is 0.638. The molecule has 21 heavy (non-hydrogen) atoms. The third kappa shape index (κ3) is 3.07. The van der Waals surface area contributed by atoms with E-state index in [2.05, 4.69) is 31.2 Å². The van der Waals surface area contributed by atoms with Gasteiger partial charge in [0.05, 0.1) is 6.54 Å². The third-order valence-corrected chi connectivity index (χ3v) is 3.86. The van der Waals surface area contributed by atoms with Gasteiger partial charge in [0.15, 0.2) is 0 Å². The molecule has 1 fully saturated rings. The molecule has 1 aliphatic rings. The maximum Gasteiger partial charge on any atom is 0.410 e. The number of ether oxygens (including phenoxy) is 1. The Hall–Kier alpha value is -2.29. The topological polar surface area (TPSA) is 29.5 Å². The van der Waals surface area contributed by atoms with Gasteiger partial charge < -0.3 is 4.74 Å². The van der Waals surface area contributed by atoms with Crippen LogP contribution in [0.25, 0.3) is 0 Å². The van der Waals surface area contributed by atoms with Crippen molar-refractivity contribution >= 4 is 6.09 Å². The molecule has 0 bridgehead atoms. The molecule has 1 atom stereocenters. The van der Waals surface area contributed by atoms with Crippen LogP contribution in [0.15, 0.2) is 54.6 Å². The van der Waals surface area contributed by atoms with Crippen molar-refractivity contribution in [3.05, 3.63) is 71.3 Å². The van der Waals surface area contributed by atoms with Crippen molar-refractivity contribution < 1.29 is 9.53 Å². The zero-order valence-electron chi connectivity index (χ0n) is 12.2. The van der Waals surface area contributed by atoms with Crippen LogP contribution in [0.2, 0.25) is 0 Å². The van der Waals surface area contributed by atoms with Gasteiger partial charge in [-0.25, -0.2) is 4.79 Å². The highest BCUT2D eigenvalue weighted by Crippen LogP contribution is 2.27. The molecule has 0 spiro atoms. The van der Waals surface area contributed by atoms with E-state index < -0.39 is 0 Å². The Morgan fingerprint density at radius 3 is 2.38 bits per heavy atom. The molecule has 1 saturated heterocycles. The maximum absolute atomic E-state index is 12.0. The second kappa shape index (κ2) is 6.00. The van der Waals surface area contributed by atoms with E-state index in [9.17, 15) is 4.79 Å². The zero-order chi connectivity index (χ0) is 14.7. The van der Waals surface area contributed by atoms with Gasteiger partial charge in [0.25, 0.3) is 0 Å². The van der Waals surface area contributed by atoms with Crippen LogP contribution < -0.4 is 0 Å². The number of hydrogen-bond donors (Lipinski definition) is 0. The summed E-state index contributed by atoms with van der Waals surface area (Å²) in [7, 11) is 0. The minimum Gasteiger partial charge on any atom is -0.439 e. The van der Waals surface area contributed by atoms with Crippen LogP contribution in [0.3, 0.4) is 0 Å². The predicted octanol–water partition coefficient (Wildman–Crippen LogP) is 3.94. The highest BCUT2D eigenvalue weighted by Gasteiger charge is 2.31. The minimum atomic E-state index is -0.233. The minimum absolute atomic E-state index is 0.159. The molecule has 0 saturated carbocycles. The van der Waals surface area contributed by atoms with Crippen molar-refractivity contribution in [1.82, 2.24) is 4.90 Å². The Bertz CT molecular complexity index is 607. The highest BCUT2D eigenvalue weighted by molar-refractivity contribution is 5.70. The van der Waals surface area contributed by atoms with Crippen molar-refractivity contribution in [3.8, 4) is 0 Å². The van der Waals surface area contributed by atoms with Gasteiger partial charge in [0.2, 0.25) is 0 Å². The summed E-state index contributed by atoms with van der Waals surface area (Å²) in [5.41, 5.74) is 3.50. The molecular weight excluding hydrogens is 262 g/mol. The average molecular weight is 281 g/mol. The van der Waals surface area contributed by atoms with Gasteiger partial charge >= 0.3 is 6.09 Å². The summed E-state index contributed by atoms with van der Waals surface area (Å²) in [6, 6.07) is 18.3. The summed E-state index contributed by atoms with van der Waals surface area (Å²) >= 11 is 0. The van der Waals surface area contributed by atoms with Crippen LogP contribution in [0.4, 0.5) is 4.79 Å². The van der Waals surface area contributed by atoms with Crippen molar-refractivity contribution in [2.45, 2.75) is 26.0 Å². The molecule has 2 aromatic carbocycles. The number of rotatable bonds is 4. The largest absolute Gasteiger partial charge is 0.439 e. The van der Waals surface area contributed by atoms with E-state index in [0.717, 1.165) is 17.5 Å². The van der Waals surface area contributed by atoms with Gasteiger partial charge in [-0.1, -0.05) is 61.5 Å². The Labute approximate surface area is 125 Å². The summed E-state index contributed by atoms with van der Waals surface area (Å²) in [6.45, 7) is 3.35. The van der Waals surface area contributed by atoms with E-state index in [0.29, 0.717) is 13.1 Å². The molecule has 2 aromatic rings. The van der Waals surface area contributed by atoms with E-state index in [1.165, 1.54) is 5.56 Å². The van der Waals surface area contributed by atoms with Gasteiger partial charge in [-0.2, -0.15) is 0 Å². The Morgan fingerprint density at radius 1 is 1.05 bits per heavy atom. The molecule has 0 aromatic heterocycles. The maximum atomic E-state index is 12.0. The van der Waals surface area contributed by atoms with E-state index in [1.807, 2.05) is 30.3 Å². The van der Waals surface area contributed by atoms with Gasteiger partial charge in [-0.15, -0.1) is 0 Å². The predicted molar refractivity (Wildman–Crippen MR) is 81.9 cm³/mol. The lowest BCUT2D eigenvalue weighted by Gasteiger charge is -2.13. The smallest absolute Gasteiger partial charge is 0.410 e. The van der Waals surface area contributed by atoms with E-state index >= 15 is 0 Å². The monoisotopic (exact) mass is 281 g/mol. The van der Waals surface area contributed by atoms with E-state index in [1.54, 1.807) is 4.90 Å². The number of carbonyl (C=O) groups is 1. The molecule has 1 unspecified atom stereocenters. The summed E-state index contributed by atoms with van der Waals surface area (Å²) < 4.78 is 5.46. The molecule has 1 amide bonds. The molecule has 3 nitrogen and oxygen atoms in total. The van der Waals surface area contributed by atoms with Crippen LogP contribution in [0.5, 0.6) is 0 Å². The lowest BCUT2D eigenvalue weighted by atomic mass is 10.1. The van der Waals surface area contributed by atoms with Crippen molar-refractivity contribution in [2.75, 3.05) is 6.54 Å². The van der Waals surface area contributed by atoms with E-state index in [-0.39, 0.29) is 12.2 Å². The first kappa shape index (κ1) is 13.7. The second-order valence-corrected chi connectivity index (χ2v) is 5.33. The molecule has 1 heterocycles. The zero-order valence-corrected chi connectivity index (χ0v) is 12.2. The van der Waals surface area contributed by atoms with E-state index in [4.69, 9.17) is 4.74 Å². The molecule has 0 radical (unpaired) electrons. The molecule has 0 N–H and O–H groups in total. The average Bonchev–Trinajstić information content (AvgIpc) is 2.90. The number of aryl methyl sites for hydroxylation is 1.